The first-order valence-electron chi connectivity index (χ1n) is 6.30. The summed E-state index contributed by atoms with van der Waals surface area (Å²) in [4.78, 5) is 11.6. The van der Waals surface area contributed by atoms with Gasteiger partial charge < -0.3 is 10.4 Å². The summed E-state index contributed by atoms with van der Waals surface area (Å²) < 4.78 is 0. The number of hydrogen-bond acceptors (Lipinski definition) is 2. The Morgan fingerprint density at radius 2 is 1.90 bits per heavy atom. The maximum Gasteiger partial charge on any atom is 0.330 e. The van der Waals surface area contributed by atoms with Crippen LogP contribution < -0.4 is 5.32 Å². The van der Waals surface area contributed by atoms with Crippen molar-refractivity contribution in [2.75, 3.05) is 5.32 Å². The molecule has 0 spiro atoms. The predicted octanol–water partition coefficient (Wildman–Crippen LogP) is 4.19. The number of anilines is 1. The number of halogens is 1. The molecule has 0 aromatic heterocycles. The fraction of sp³-hybridized carbons (Fsp3) is 0.188. The predicted molar refractivity (Wildman–Crippen MR) is 81.4 cm³/mol. The number of nitrogens with one attached hydrogen (secondary N) is 1. The van der Waals surface area contributed by atoms with E-state index in [0.717, 1.165) is 16.7 Å². The first-order chi connectivity index (χ1) is 9.49. The second-order valence-corrected chi connectivity index (χ2v) is 5.15. The molecule has 3 nitrogen and oxygen atoms in total. The zero-order valence-corrected chi connectivity index (χ0v) is 12.1. The van der Waals surface area contributed by atoms with E-state index in [9.17, 15) is 9.90 Å². The normalized spacial score (nSPS) is 11.9. The van der Waals surface area contributed by atoms with Crippen LogP contribution in [0.1, 0.15) is 22.7 Å². The third kappa shape index (κ3) is 3.11. The number of carbonyl (C=O) groups is 1. The van der Waals surface area contributed by atoms with Crippen molar-refractivity contribution >= 4 is 23.3 Å². The highest BCUT2D eigenvalue weighted by Crippen LogP contribution is 2.26. The minimum absolute atomic E-state index is 0.570. The molecular formula is C16H16ClNO2. The summed E-state index contributed by atoms with van der Waals surface area (Å²) in [7, 11) is 0. The molecule has 2 aromatic carbocycles. The molecule has 20 heavy (non-hydrogen) atoms. The molecule has 0 aliphatic heterocycles. The van der Waals surface area contributed by atoms with E-state index in [-0.39, 0.29) is 0 Å². The Balaban J connectivity index is 2.37. The van der Waals surface area contributed by atoms with Crippen molar-refractivity contribution < 1.29 is 9.90 Å². The monoisotopic (exact) mass is 289 g/mol. The lowest BCUT2D eigenvalue weighted by molar-refractivity contribution is -0.138. The van der Waals surface area contributed by atoms with E-state index in [1.54, 1.807) is 24.3 Å². The summed E-state index contributed by atoms with van der Waals surface area (Å²) in [5.41, 5.74) is 3.50. The van der Waals surface area contributed by atoms with Crippen molar-refractivity contribution in [3.8, 4) is 0 Å². The Morgan fingerprint density at radius 1 is 1.20 bits per heavy atom. The van der Waals surface area contributed by atoms with Crippen molar-refractivity contribution in [1.29, 1.82) is 0 Å². The molecule has 0 fully saturated rings. The van der Waals surface area contributed by atoms with Crippen molar-refractivity contribution in [3.05, 3.63) is 64.2 Å². The zero-order valence-electron chi connectivity index (χ0n) is 11.4. The molecule has 1 unspecified atom stereocenters. The molecule has 104 valence electrons. The molecule has 2 aromatic rings. The van der Waals surface area contributed by atoms with Gasteiger partial charge in [-0.3, -0.25) is 0 Å². The minimum Gasteiger partial charge on any atom is -0.479 e. The van der Waals surface area contributed by atoms with Gasteiger partial charge in [-0.15, -0.1) is 0 Å². The summed E-state index contributed by atoms with van der Waals surface area (Å²) in [6.07, 6.45) is 0. The van der Waals surface area contributed by atoms with Crippen LogP contribution in [0.3, 0.4) is 0 Å². The highest BCUT2D eigenvalue weighted by atomic mass is 35.5. The highest BCUT2D eigenvalue weighted by Gasteiger charge is 2.21. The molecule has 4 heteroatoms. The number of aliphatic carboxylic acids is 1. The van der Waals surface area contributed by atoms with Crippen LogP contribution in [0.15, 0.2) is 42.5 Å². The quantitative estimate of drug-likeness (QED) is 0.887. The molecule has 2 N–H and O–H groups in total. The number of rotatable bonds is 4. The van der Waals surface area contributed by atoms with Gasteiger partial charge in [-0.1, -0.05) is 35.9 Å². The van der Waals surface area contributed by atoms with Crippen LogP contribution in [0, 0.1) is 13.8 Å². The maximum atomic E-state index is 11.6. The van der Waals surface area contributed by atoms with Crippen LogP contribution in [0.25, 0.3) is 0 Å². The molecule has 0 amide bonds. The standard InChI is InChI=1S/C16H16ClNO2/c1-10-5-3-8-14(11(10)2)15(16(19)20)18-13-7-4-6-12(17)9-13/h3-9,15,18H,1-2H3,(H,19,20). The number of benzene rings is 2. The Bertz CT molecular complexity index is 640. The maximum absolute atomic E-state index is 11.6. The lowest BCUT2D eigenvalue weighted by Gasteiger charge is -2.19. The van der Waals surface area contributed by atoms with Crippen molar-refractivity contribution in [1.82, 2.24) is 0 Å². The number of aryl methyl sites for hydroxylation is 1. The fourth-order valence-electron chi connectivity index (χ4n) is 2.10. The largest absolute Gasteiger partial charge is 0.479 e. The molecule has 0 saturated carbocycles. The molecule has 2 rings (SSSR count). The molecule has 0 aliphatic rings. The van der Waals surface area contributed by atoms with Crippen molar-refractivity contribution in [3.63, 3.8) is 0 Å². The molecular weight excluding hydrogens is 274 g/mol. The zero-order chi connectivity index (χ0) is 14.7. The lowest BCUT2D eigenvalue weighted by atomic mass is 9.97. The Hall–Kier alpha value is -2.00. The van der Waals surface area contributed by atoms with Crippen LogP contribution in [0.4, 0.5) is 5.69 Å². The van der Waals surface area contributed by atoms with Crippen molar-refractivity contribution in [2.24, 2.45) is 0 Å². The summed E-state index contributed by atoms with van der Waals surface area (Å²) >= 11 is 5.92. The average molecular weight is 290 g/mol. The highest BCUT2D eigenvalue weighted by molar-refractivity contribution is 6.30. The van der Waals surface area contributed by atoms with Gasteiger partial charge in [-0.2, -0.15) is 0 Å². The van der Waals surface area contributed by atoms with Gasteiger partial charge in [0.1, 0.15) is 0 Å². The molecule has 0 saturated heterocycles. The van der Waals surface area contributed by atoms with E-state index in [2.05, 4.69) is 5.32 Å². The average Bonchev–Trinajstić information content (AvgIpc) is 2.39. The molecule has 0 radical (unpaired) electrons. The smallest absolute Gasteiger partial charge is 0.330 e. The minimum atomic E-state index is -0.918. The summed E-state index contributed by atoms with van der Waals surface area (Å²) in [5.74, 6) is -0.918. The molecule has 0 bridgehead atoms. The van der Waals surface area contributed by atoms with E-state index in [1.165, 1.54) is 0 Å². The van der Waals surface area contributed by atoms with Crippen LogP contribution in [-0.2, 0) is 4.79 Å². The molecule has 0 heterocycles. The third-order valence-electron chi connectivity index (χ3n) is 3.34. The van der Waals surface area contributed by atoms with Gasteiger partial charge in [0.25, 0.3) is 0 Å². The molecule has 1 atom stereocenters. The number of carboxylic acids is 1. The topological polar surface area (TPSA) is 49.3 Å². The van der Waals surface area contributed by atoms with Crippen LogP contribution in [-0.4, -0.2) is 11.1 Å². The third-order valence-corrected chi connectivity index (χ3v) is 3.58. The van der Waals surface area contributed by atoms with Gasteiger partial charge in [0.05, 0.1) is 0 Å². The van der Waals surface area contributed by atoms with Gasteiger partial charge in [-0.05, 0) is 48.7 Å². The first-order valence-corrected chi connectivity index (χ1v) is 6.68. The number of carboxylic acid groups (broad SMARTS) is 1. The lowest BCUT2D eigenvalue weighted by Crippen LogP contribution is -2.21. The van der Waals surface area contributed by atoms with E-state index < -0.39 is 12.0 Å². The molecule has 0 aliphatic carbocycles. The van der Waals surface area contributed by atoms with Crippen LogP contribution >= 0.6 is 11.6 Å². The SMILES string of the molecule is Cc1cccc(C(Nc2cccc(Cl)c2)C(=O)O)c1C. The first kappa shape index (κ1) is 14.4. The summed E-state index contributed by atoms with van der Waals surface area (Å²) in [6.45, 7) is 3.90. The second kappa shape index (κ2) is 5.97. The second-order valence-electron chi connectivity index (χ2n) is 4.72. The van der Waals surface area contributed by atoms with E-state index in [1.807, 2.05) is 32.0 Å². The van der Waals surface area contributed by atoms with Crippen LogP contribution in [0.2, 0.25) is 5.02 Å². The Morgan fingerprint density at radius 3 is 2.55 bits per heavy atom. The van der Waals surface area contributed by atoms with Crippen molar-refractivity contribution in [2.45, 2.75) is 19.9 Å². The van der Waals surface area contributed by atoms with Crippen LogP contribution in [0.5, 0.6) is 0 Å². The van der Waals surface area contributed by atoms with Gasteiger partial charge in [-0.25, -0.2) is 4.79 Å². The van der Waals surface area contributed by atoms with E-state index >= 15 is 0 Å². The fourth-order valence-corrected chi connectivity index (χ4v) is 2.29. The Labute approximate surface area is 123 Å². The van der Waals surface area contributed by atoms with E-state index in [0.29, 0.717) is 10.7 Å². The number of hydrogen-bond donors (Lipinski definition) is 2. The summed E-state index contributed by atoms with van der Waals surface area (Å²) in [6, 6.07) is 11.9. The summed E-state index contributed by atoms with van der Waals surface area (Å²) in [5, 5.41) is 13.1. The van der Waals surface area contributed by atoms with E-state index in [4.69, 9.17) is 11.6 Å². The van der Waals surface area contributed by atoms with Gasteiger partial charge in [0, 0.05) is 10.7 Å². The van der Waals surface area contributed by atoms with Gasteiger partial charge >= 0.3 is 5.97 Å². The Kier molecular flexibility index (Phi) is 4.30. The van der Waals surface area contributed by atoms with Gasteiger partial charge in [0.15, 0.2) is 6.04 Å². The van der Waals surface area contributed by atoms with Gasteiger partial charge in [0.2, 0.25) is 0 Å².